The van der Waals surface area contributed by atoms with Crippen LogP contribution in [0.15, 0.2) is 42.5 Å². The summed E-state index contributed by atoms with van der Waals surface area (Å²) in [5.74, 6) is -0.790. The minimum absolute atomic E-state index is 0. The van der Waals surface area contributed by atoms with Crippen LogP contribution in [0.25, 0.3) is 33.3 Å². The van der Waals surface area contributed by atoms with Crippen molar-refractivity contribution >= 4 is 80.4 Å². The van der Waals surface area contributed by atoms with Crippen molar-refractivity contribution in [2.75, 3.05) is 13.7 Å². The van der Waals surface area contributed by atoms with E-state index in [9.17, 15) is 19.2 Å². The van der Waals surface area contributed by atoms with E-state index in [0.717, 1.165) is 64.8 Å². The monoisotopic (exact) mass is 909 g/mol. The Morgan fingerprint density at radius 1 is 0.879 bits per heavy atom. The number of nitrogens with zero attached hydrogens (tertiary/aromatic N) is 2. The number of ketones is 1. The first kappa shape index (κ1) is 52.4. The van der Waals surface area contributed by atoms with Gasteiger partial charge in [0.2, 0.25) is 22.8 Å². The number of fused-ring (bicyclic) bond motifs is 8. The van der Waals surface area contributed by atoms with Gasteiger partial charge in [0.25, 0.3) is 0 Å². The molecule has 0 saturated heterocycles. The topological polar surface area (TPSA) is 143 Å². The van der Waals surface area contributed by atoms with E-state index in [4.69, 9.17) is 19.4 Å². The number of hydrogen-bond acceptors (Lipinski definition) is 6. The van der Waals surface area contributed by atoms with E-state index >= 15 is 0 Å². The Kier molecular flexibility index (Phi) is 18.6. The summed E-state index contributed by atoms with van der Waals surface area (Å²) < 4.78 is 11.0. The first-order valence-electron chi connectivity index (χ1n) is 24.1. The molecule has 0 radical (unpaired) electrons. The van der Waals surface area contributed by atoms with Crippen LogP contribution in [0.3, 0.4) is 0 Å². The first-order valence-corrected chi connectivity index (χ1v) is 24.1. The smallest absolute Gasteiger partial charge is 0.664 e. The molecule has 66 heavy (non-hydrogen) atoms. The van der Waals surface area contributed by atoms with E-state index in [1.165, 1.54) is 57.6 Å². The molecule has 2 N–H and O–H groups in total. The predicted molar refractivity (Wildman–Crippen MR) is 263 cm³/mol. The Balaban J connectivity index is 0.00000817. The number of Topliss-reactive ketones (excluding diaryl/α,β-unsaturated/α-hetero) is 1. The van der Waals surface area contributed by atoms with E-state index in [0.29, 0.717) is 69.1 Å². The van der Waals surface area contributed by atoms with E-state index in [-0.39, 0.29) is 59.7 Å². The molecule has 1 aliphatic carbocycles. The zero-order chi connectivity index (χ0) is 47.1. The van der Waals surface area contributed by atoms with Crippen LogP contribution in [-0.2, 0) is 30.3 Å². The normalized spacial score (nSPS) is 18.3. The van der Waals surface area contributed by atoms with E-state index < -0.39 is 11.9 Å². The molecule has 5 unspecified atom stereocenters. The third-order valence-electron chi connectivity index (χ3n) is 14.3. The zero-order valence-electron chi connectivity index (χ0n) is 41.4. The summed E-state index contributed by atoms with van der Waals surface area (Å²) in [5, 5.41) is 0. The summed E-state index contributed by atoms with van der Waals surface area (Å²) in [6, 6.07) is 5.74. The van der Waals surface area contributed by atoms with Gasteiger partial charge in [0.15, 0.2) is 11.7 Å². The van der Waals surface area contributed by atoms with Gasteiger partial charge in [-0.2, -0.15) is 0 Å². The fourth-order valence-electron chi connectivity index (χ4n) is 10.2. The van der Waals surface area contributed by atoms with Crippen LogP contribution in [0.5, 0.6) is 0 Å². The molecular formula is C55H72MgN4O6+2. The number of esters is 2. The molecule has 10 nitrogen and oxygen atoms in total. The van der Waals surface area contributed by atoms with Gasteiger partial charge in [-0.3, -0.25) is 19.2 Å². The Morgan fingerprint density at radius 2 is 1.53 bits per heavy atom. The van der Waals surface area contributed by atoms with E-state index in [1.807, 2.05) is 45.0 Å². The third kappa shape index (κ3) is 11.6. The van der Waals surface area contributed by atoms with Gasteiger partial charge in [-0.15, -0.1) is 22.4 Å². The average molecular weight is 910 g/mol. The summed E-state index contributed by atoms with van der Waals surface area (Å²) in [5.41, 5.74) is 11.0. The van der Waals surface area contributed by atoms with Crippen molar-refractivity contribution in [3.63, 3.8) is 0 Å². The van der Waals surface area contributed by atoms with Gasteiger partial charge in [-0.05, 0) is 100 Å². The zero-order valence-corrected chi connectivity index (χ0v) is 42.8. The minimum Gasteiger partial charge on any atom is -0.664 e. The second kappa shape index (κ2) is 23.4. The van der Waals surface area contributed by atoms with E-state index in [1.54, 1.807) is 6.08 Å². The Labute approximate surface area is 408 Å². The van der Waals surface area contributed by atoms with Crippen LogP contribution in [-0.4, -0.2) is 60.8 Å². The molecule has 4 aliphatic rings. The quantitative estimate of drug-likeness (QED) is 0.0396. The Hall–Kier alpha value is -4.61. The number of aromatic amines is 2. The Morgan fingerprint density at radius 3 is 2.17 bits per heavy atom. The maximum absolute atomic E-state index is 14.4. The molecule has 5 heterocycles. The number of aryl methyl sites for hydroxylation is 1. The van der Waals surface area contributed by atoms with Gasteiger partial charge >= 0.3 is 35.0 Å². The number of rotatable bonds is 21. The maximum atomic E-state index is 14.4. The maximum Gasteiger partial charge on any atom is 2.00 e. The molecule has 0 spiro atoms. The van der Waals surface area contributed by atoms with E-state index in [2.05, 4.69) is 58.1 Å². The number of carbonyl (C=O) groups excluding carboxylic acids is 4. The third-order valence-corrected chi connectivity index (χ3v) is 14.3. The number of aldehydes is 1. The van der Waals surface area contributed by atoms with Gasteiger partial charge in [-0.25, -0.2) is 9.97 Å². The van der Waals surface area contributed by atoms with Gasteiger partial charge < -0.3 is 19.4 Å². The number of ether oxygens (including phenoxy) is 2. The number of H-pyrrole nitrogens is 2. The number of methoxy groups -OCH3 is 1. The number of carbonyl (C=O) groups is 4. The van der Waals surface area contributed by atoms with Crippen LogP contribution < -0.4 is 19.9 Å². The summed E-state index contributed by atoms with van der Waals surface area (Å²) in [4.78, 5) is 71.2. The minimum atomic E-state index is -1.23. The van der Waals surface area contributed by atoms with Crippen LogP contribution in [0.1, 0.15) is 206 Å². The fraction of sp³-hybridized carbons (Fsp3) is 0.527. The van der Waals surface area contributed by atoms with Crippen LogP contribution >= 0.6 is 0 Å². The average Bonchev–Trinajstić information content (AvgIpc) is 4.02. The molecule has 5 atom stereocenters. The van der Waals surface area contributed by atoms with Gasteiger partial charge in [0.05, 0.1) is 12.7 Å². The molecule has 0 amide bonds. The SMILES string of the molecule is C=CC1=C(C)c2cc3[n-]c(c4c5[nH+]c(cc6[n-]c(cc1[nH+]2)c(C=O)c6CC)C(C)=C5C(=O)C4C(=O)OC)C(CCC(=O)OC/C=C(/C)CCCC(C)CCCC(C)CCCC(C)C)C3C.[Mg+2]. The largest absolute Gasteiger partial charge is 2.00 e. The fourth-order valence-corrected chi connectivity index (χ4v) is 10.2. The van der Waals surface area contributed by atoms with Crippen molar-refractivity contribution in [1.29, 1.82) is 0 Å². The number of nitrogens with one attached hydrogen (secondary N) is 2. The number of aromatic nitrogens is 4. The van der Waals surface area contributed by atoms with Crippen molar-refractivity contribution < 1.29 is 38.6 Å². The summed E-state index contributed by atoms with van der Waals surface area (Å²) in [6.45, 7) is 23.7. The molecule has 2 aromatic heterocycles. The number of hydrogen-bond donors (Lipinski definition) is 0. The first-order chi connectivity index (χ1) is 31.1. The van der Waals surface area contributed by atoms with Crippen LogP contribution in [0.4, 0.5) is 0 Å². The van der Waals surface area contributed by atoms with Crippen molar-refractivity contribution in [2.45, 2.75) is 157 Å². The molecule has 348 valence electrons. The molecule has 2 aromatic rings. The van der Waals surface area contributed by atoms with Gasteiger partial charge in [0, 0.05) is 28.7 Å². The summed E-state index contributed by atoms with van der Waals surface area (Å²) in [7, 11) is 1.28. The van der Waals surface area contributed by atoms with Crippen molar-refractivity contribution in [1.82, 2.24) is 9.97 Å². The molecule has 6 rings (SSSR count). The predicted octanol–water partition coefficient (Wildman–Crippen LogP) is 10.6. The standard InChI is InChI=1S/C55H71N4O6.Mg/c1-12-38-35(8)42-27-43-36(9)40(23-24-48(61)65-26-25-34(7)22-16-21-33(6)20-15-19-32(5)18-14-17-31(3)4)52(58-43)50-51(55(63)64-11)54(62)49-37(10)44(59-53(49)50)28-46-39(13-2)41(30-60)47(57-46)29-45(38)56-42;/h12,25,27-33,36,40,51H,1,13-24,26H2,2-11H3,(H-,56,57,58,59,60,62);/q-1;+2/p+1/b34-25-;. The second-order valence-electron chi connectivity index (χ2n) is 19.5. The summed E-state index contributed by atoms with van der Waals surface area (Å²) >= 11 is 0. The molecular weight excluding hydrogens is 837 g/mol. The summed E-state index contributed by atoms with van der Waals surface area (Å²) in [6.07, 6.45) is 17.0. The van der Waals surface area contributed by atoms with Crippen molar-refractivity contribution in [3.05, 3.63) is 93.4 Å². The molecule has 0 aromatic carbocycles. The molecule has 3 aliphatic heterocycles. The molecule has 8 bridgehead atoms. The second-order valence-corrected chi connectivity index (χ2v) is 19.5. The Bertz CT molecular complexity index is 2480. The van der Waals surface area contributed by atoms with Gasteiger partial charge in [-0.1, -0.05) is 110 Å². The van der Waals surface area contributed by atoms with Gasteiger partial charge in [0.1, 0.15) is 18.5 Å². The molecule has 0 saturated carbocycles. The van der Waals surface area contributed by atoms with Crippen molar-refractivity contribution in [3.8, 4) is 0 Å². The van der Waals surface area contributed by atoms with Crippen LogP contribution in [0.2, 0.25) is 0 Å². The van der Waals surface area contributed by atoms with Crippen LogP contribution in [0, 0.1) is 17.8 Å². The molecule has 0 fully saturated rings. The molecule has 11 heteroatoms. The van der Waals surface area contributed by atoms with Crippen molar-refractivity contribution in [2.24, 2.45) is 17.8 Å². The number of allylic oxidation sites excluding steroid dienone is 6.